The smallest absolute Gasteiger partial charge is 0.131 e. The van der Waals surface area contributed by atoms with Crippen LogP contribution in [0.25, 0.3) is 0 Å². The molecule has 3 rings (SSSR count). The Morgan fingerprint density at radius 1 is 1.07 bits per heavy atom. The molecule has 0 spiro atoms. The van der Waals surface area contributed by atoms with Crippen molar-refractivity contribution >= 4 is 29.0 Å². The summed E-state index contributed by atoms with van der Waals surface area (Å²) in [6, 6.07) is 16.2. The maximum atomic E-state index is 9.41. The fraction of sp³-hybridized carbons (Fsp3) is 0.333. The zero-order valence-electron chi connectivity index (χ0n) is 15.9. The average Bonchev–Trinajstić information content (AvgIpc) is 3.20. The molecule has 0 saturated carbocycles. The molecule has 2 heterocycles. The molecule has 2 N–H and O–H groups in total. The lowest BCUT2D eigenvalue weighted by molar-refractivity contribution is -0.923. The van der Waals surface area contributed by atoms with Gasteiger partial charge in [0.25, 0.3) is 0 Å². The first-order chi connectivity index (χ1) is 13.5. The van der Waals surface area contributed by atoms with Crippen LogP contribution in [0, 0.1) is 0 Å². The van der Waals surface area contributed by atoms with E-state index in [1.807, 2.05) is 11.3 Å². The summed E-state index contributed by atoms with van der Waals surface area (Å²) in [5, 5.41) is 21.0. The van der Waals surface area contributed by atoms with E-state index in [0.29, 0.717) is 12.2 Å². The van der Waals surface area contributed by atoms with E-state index in [2.05, 4.69) is 54.9 Å². The lowest BCUT2D eigenvalue weighted by Gasteiger charge is -2.32. The minimum absolute atomic E-state index is 0.384. The predicted molar refractivity (Wildman–Crippen MR) is 104 cm³/mol. The van der Waals surface area contributed by atoms with E-state index < -0.39 is 11.9 Å². The summed E-state index contributed by atoms with van der Waals surface area (Å²) < 4.78 is 0. The SMILES string of the molecule is C[NH+]1CCC([NH+](Cc2cccs2)c2ccccc2)CC1.O=C([O-])C=CC(=O)[O-]. The molecule has 1 aromatic carbocycles. The van der Waals surface area contributed by atoms with Crippen LogP contribution in [0.2, 0.25) is 0 Å². The van der Waals surface area contributed by atoms with Crippen molar-refractivity contribution in [3.05, 3.63) is 64.9 Å². The maximum absolute atomic E-state index is 9.41. The molecule has 1 fully saturated rings. The molecule has 0 amide bonds. The molecule has 0 bridgehead atoms. The van der Waals surface area contributed by atoms with Crippen LogP contribution in [0.15, 0.2) is 60.0 Å². The van der Waals surface area contributed by atoms with Crippen LogP contribution in [0.1, 0.15) is 17.7 Å². The van der Waals surface area contributed by atoms with Crippen LogP contribution in [-0.4, -0.2) is 38.1 Å². The van der Waals surface area contributed by atoms with Crippen LogP contribution in [-0.2, 0) is 16.1 Å². The second-order valence-corrected chi connectivity index (χ2v) is 7.88. The zero-order valence-corrected chi connectivity index (χ0v) is 16.7. The molecular formula is C21H26N2O4S. The van der Waals surface area contributed by atoms with E-state index in [9.17, 15) is 19.8 Å². The molecule has 1 aromatic heterocycles. The molecule has 0 radical (unpaired) electrons. The average molecular weight is 403 g/mol. The fourth-order valence-electron chi connectivity index (χ4n) is 3.33. The van der Waals surface area contributed by atoms with Gasteiger partial charge in [-0.2, -0.15) is 0 Å². The van der Waals surface area contributed by atoms with Gasteiger partial charge < -0.3 is 24.7 Å². The Kier molecular flexibility index (Phi) is 8.87. The van der Waals surface area contributed by atoms with Gasteiger partial charge in [0.05, 0.1) is 37.0 Å². The summed E-state index contributed by atoms with van der Waals surface area (Å²) in [5.41, 5.74) is 1.45. The third kappa shape index (κ3) is 7.64. The van der Waals surface area contributed by atoms with Crippen LogP contribution in [0.4, 0.5) is 5.69 Å². The number of piperidine rings is 1. The molecule has 6 nitrogen and oxygen atoms in total. The Bertz CT molecular complexity index is 738. The van der Waals surface area contributed by atoms with Gasteiger partial charge in [-0.3, -0.25) is 4.90 Å². The summed E-state index contributed by atoms with van der Waals surface area (Å²) in [7, 11) is 2.32. The van der Waals surface area contributed by atoms with Gasteiger partial charge in [-0.15, -0.1) is 11.3 Å². The van der Waals surface area contributed by atoms with Gasteiger partial charge >= 0.3 is 0 Å². The number of carboxylic acid groups (broad SMARTS) is 2. The van der Waals surface area contributed by atoms with Crippen molar-refractivity contribution in [3.63, 3.8) is 0 Å². The molecule has 2 aromatic rings. The van der Waals surface area contributed by atoms with Crippen LogP contribution < -0.4 is 20.0 Å². The van der Waals surface area contributed by atoms with E-state index >= 15 is 0 Å². The third-order valence-electron chi connectivity index (χ3n) is 4.78. The van der Waals surface area contributed by atoms with Crippen LogP contribution in [0.5, 0.6) is 0 Å². The van der Waals surface area contributed by atoms with Gasteiger partial charge in [-0.25, -0.2) is 0 Å². The Balaban J connectivity index is 0.000000300. The number of carbonyl (C=O) groups is 2. The van der Waals surface area contributed by atoms with Crippen molar-refractivity contribution in [1.82, 2.24) is 0 Å². The highest BCUT2D eigenvalue weighted by Gasteiger charge is 2.30. The quantitative estimate of drug-likeness (QED) is 0.557. The molecule has 7 heteroatoms. The molecule has 150 valence electrons. The largest absolute Gasteiger partial charge is 0.545 e. The Hall–Kier alpha value is -2.48. The van der Waals surface area contributed by atoms with Gasteiger partial charge in [0.1, 0.15) is 18.3 Å². The molecule has 1 atom stereocenters. The van der Waals surface area contributed by atoms with Gasteiger partial charge in [-0.05, 0) is 35.7 Å². The number of quaternary nitrogens is 2. The number of thiophene rings is 1. The van der Waals surface area contributed by atoms with Crippen molar-refractivity contribution < 1.29 is 29.6 Å². The lowest BCUT2D eigenvalue weighted by atomic mass is 10.0. The van der Waals surface area contributed by atoms with Crippen molar-refractivity contribution in [2.75, 3.05) is 20.1 Å². The van der Waals surface area contributed by atoms with Gasteiger partial charge in [0.15, 0.2) is 0 Å². The number of para-hydroxylation sites is 1. The van der Waals surface area contributed by atoms with E-state index in [0.717, 1.165) is 12.6 Å². The van der Waals surface area contributed by atoms with Crippen molar-refractivity contribution in [3.8, 4) is 0 Å². The Morgan fingerprint density at radius 2 is 1.68 bits per heavy atom. The van der Waals surface area contributed by atoms with Crippen molar-refractivity contribution in [1.29, 1.82) is 0 Å². The number of hydrogen-bond donors (Lipinski definition) is 2. The Morgan fingerprint density at radius 3 is 2.18 bits per heavy atom. The second kappa shape index (κ2) is 11.4. The summed E-state index contributed by atoms with van der Waals surface area (Å²) in [6.07, 6.45) is 3.44. The number of nitrogens with one attached hydrogen (secondary N) is 2. The topological polar surface area (TPSA) is 89.1 Å². The third-order valence-corrected chi connectivity index (χ3v) is 5.65. The summed E-state index contributed by atoms with van der Waals surface area (Å²) in [4.78, 5) is 23.7. The highest BCUT2D eigenvalue weighted by molar-refractivity contribution is 7.09. The van der Waals surface area contributed by atoms with Gasteiger partial charge in [-0.1, -0.05) is 24.3 Å². The monoisotopic (exact) mass is 402 g/mol. The number of carboxylic acids is 2. The normalized spacial score (nSPS) is 20.2. The van der Waals surface area contributed by atoms with Gasteiger partial charge in [0.2, 0.25) is 0 Å². The lowest BCUT2D eigenvalue weighted by Crippen LogP contribution is -3.16. The predicted octanol–water partition coefficient (Wildman–Crippen LogP) is -1.82. The van der Waals surface area contributed by atoms with Crippen LogP contribution in [0.3, 0.4) is 0 Å². The number of hydrogen-bond acceptors (Lipinski definition) is 5. The fourth-order valence-corrected chi connectivity index (χ4v) is 4.06. The van der Waals surface area contributed by atoms with Gasteiger partial charge in [0, 0.05) is 12.8 Å². The van der Waals surface area contributed by atoms with E-state index in [4.69, 9.17) is 0 Å². The number of rotatable bonds is 6. The van der Waals surface area contributed by atoms with Crippen LogP contribution >= 0.6 is 11.3 Å². The van der Waals surface area contributed by atoms with Crippen molar-refractivity contribution in [2.45, 2.75) is 25.4 Å². The maximum Gasteiger partial charge on any atom is 0.131 e. The molecular weight excluding hydrogens is 376 g/mol. The first-order valence-electron chi connectivity index (χ1n) is 9.30. The standard InChI is InChI=1S/C17H22N2S.C4H4O4/c1-18-11-9-16(10-12-18)19(14-17-8-5-13-20-17)15-6-3-2-4-7-15;5-3(6)1-2-4(7)8/h2-8,13,16H,9-12,14H2,1H3;1-2H,(H,5,6)(H,7,8). The summed E-state index contributed by atoms with van der Waals surface area (Å²) in [5.74, 6) is -3.09. The zero-order chi connectivity index (χ0) is 20.4. The molecule has 1 saturated heterocycles. The summed E-state index contributed by atoms with van der Waals surface area (Å²) >= 11 is 1.88. The molecule has 28 heavy (non-hydrogen) atoms. The molecule has 1 unspecified atom stereocenters. The second-order valence-electron chi connectivity index (χ2n) is 6.85. The minimum Gasteiger partial charge on any atom is -0.545 e. The Labute approximate surface area is 169 Å². The van der Waals surface area contributed by atoms with E-state index in [1.54, 1.807) is 9.80 Å². The minimum atomic E-state index is -1.55. The highest BCUT2D eigenvalue weighted by Crippen LogP contribution is 2.11. The molecule has 1 aliphatic rings. The molecule has 1 aliphatic heterocycles. The molecule has 0 aliphatic carbocycles. The number of carbonyl (C=O) groups excluding carboxylic acids is 2. The summed E-state index contributed by atoms with van der Waals surface area (Å²) in [6.45, 7) is 3.75. The van der Waals surface area contributed by atoms with Crippen molar-refractivity contribution in [2.24, 2.45) is 0 Å². The van der Waals surface area contributed by atoms with E-state index in [-0.39, 0.29) is 0 Å². The number of likely N-dealkylation sites (tertiary alicyclic amines) is 1. The highest BCUT2D eigenvalue weighted by atomic mass is 32.1. The number of benzene rings is 1. The first kappa shape index (κ1) is 21.8. The number of aliphatic carboxylic acids is 2. The first-order valence-corrected chi connectivity index (χ1v) is 10.2. The van der Waals surface area contributed by atoms with E-state index in [1.165, 1.54) is 36.5 Å².